The van der Waals surface area contributed by atoms with Gasteiger partial charge in [-0.05, 0) is 13.8 Å². The van der Waals surface area contributed by atoms with Gasteiger partial charge in [-0.2, -0.15) is 8.78 Å². The van der Waals surface area contributed by atoms with Crippen LogP contribution in [0.3, 0.4) is 0 Å². The summed E-state index contributed by atoms with van der Waals surface area (Å²) in [5, 5.41) is 0. The highest BCUT2D eigenvalue weighted by Crippen LogP contribution is 2.14. The molecule has 0 heterocycles. The van der Waals surface area contributed by atoms with E-state index in [4.69, 9.17) is 0 Å². The molecule has 0 aliphatic heterocycles. The van der Waals surface area contributed by atoms with E-state index >= 15 is 0 Å². The first kappa shape index (κ1) is 50.5. The van der Waals surface area contributed by atoms with Crippen molar-refractivity contribution in [2.75, 3.05) is 34.1 Å². The number of halogens is 7. The van der Waals surface area contributed by atoms with Gasteiger partial charge in [-0.15, -0.1) is 0 Å². The zero-order valence-corrected chi connectivity index (χ0v) is 9.38. The molecule has 0 unspecified atom stereocenters. The van der Waals surface area contributed by atoms with E-state index in [0.29, 0.717) is 7.18 Å². The van der Waals surface area contributed by atoms with Crippen LogP contribution in [0.4, 0.5) is 30.7 Å². The van der Waals surface area contributed by atoms with E-state index in [2.05, 4.69) is 4.74 Å². The molecule has 0 saturated heterocycles. The van der Waals surface area contributed by atoms with Crippen LogP contribution < -0.4 is 0 Å². The minimum Gasteiger partial charge on any atom is -0.319 e. The standard InChI is InChI=1S/C4H7F3O.C2H5F.CH2F2.CH3F.4CH4/c1-2-8-4(6,7)3-5;1-2-3;2-1-3;1-2;;;;/h2-3H2,1H3;2H2,1H3;1H2;1H3;4*1H4. The van der Waals surface area contributed by atoms with E-state index in [-0.39, 0.29) is 43.0 Å². The Morgan fingerprint density at radius 1 is 0.800 bits per heavy atom. The van der Waals surface area contributed by atoms with Gasteiger partial charge in [-0.25, -0.2) is 13.2 Å². The third kappa shape index (κ3) is 113. The smallest absolute Gasteiger partial charge is 0.319 e. The van der Waals surface area contributed by atoms with Gasteiger partial charge in [0, 0.05) is 0 Å². The van der Waals surface area contributed by atoms with Crippen molar-refractivity contribution < 1.29 is 35.5 Å². The molecular formula is C12H33F7O. The maximum Gasteiger partial charge on any atom is 0.384 e. The highest BCUT2D eigenvalue weighted by atomic mass is 19.3. The van der Waals surface area contributed by atoms with Crippen molar-refractivity contribution in [2.24, 2.45) is 0 Å². The highest BCUT2D eigenvalue weighted by molar-refractivity contribution is 4.45. The third-order valence-electron chi connectivity index (χ3n) is 0.511. The van der Waals surface area contributed by atoms with Gasteiger partial charge < -0.3 is 4.74 Å². The van der Waals surface area contributed by atoms with Crippen LogP contribution in [0.2, 0.25) is 0 Å². The summed E-state index contributed by atoms with van der Waals surface area (Å²) in [5.74, 6) is 0. The summed E-state index contributed by atoms with van der Waals surface area (Å²) >= 11 is 0. The van der Waals surface area contributed by atoms with Crippen LogP contribution >= 0.6 is 0 Å². The summed E-state index contributed by atoms with van der Waals surface area (Å²) in [4.78, 5) is 0. The molecule has 0 aliphatic rings. The minimum atomic E-state index is -3.57. The largest absolute Gasteiger partial charge is 0.384 e. The Balaban J connectivity index is -0.0000000175. The van der Waals surface area contributed by atoms with Crippen molar-refractivity contribution in [3.8, 4) is 0 Å². The number of hydrogen-bond acceptors (Lipinski definition) is 1. The molecule has 8 heteroatoms. The lowest BCUT2D eigenvalue weighted by atomic mass is 10.7. The van der Waals surface area contributed by atoms with Gasteiger partial charge in [0.1, 0.15) is 0 Å². The molecule has 0 saturated carbocycles. The third-order valence-corrected chi connectivity index (χ3v) is 0.511. The minimum absolute atomic E-state index is 0. The lowest BCUT2D eigenvalue weighted by Crippen LogP contribution is -2.22. The second kappa shape index (κ2) is 51.4. The molecule has 0 spiro atoms. The predicted molar refractivity (Wildman–Crippen MR) is 75.2 cm³/mol. The van der Waals surface area contributed by atoms with Crippen molar-refractivity contribution in [1.29, 1.82) is 0 Å². The van der Waals surface area contributed by atoms with Crippen LogP contribution in [0, 0.1) is 0 Å². The number of rotatable bonds is 3. The molecule has 0 aromatic carbocycles. The average molecular weight is 326 g/mol. The Labute approximate surface area is 120 Å². The first-order chi connectivity index (χ1) is 7.45. The molecule has 0 rings (SSSR count). The fourth-order valence-corrected chi connectivity index (χ4v) is 0.250. The molecule has 1 nitrogen and oxygen atoms in total. The van der Waals surface area contributed by atoms with E-state index in [1.807, 2.05) is 0 Å². The van der Waals surface area contributed by atoms with Crippen LogP contribution in [-0.4, -0.2) is 40.2 Å². The lowest BCUT2D eigenvalue weighted by Gasteiger charge is -2.09. The quantitative estimate of drug-likeness (QED) is 0.533. The van der Waals surface area contributed by atoms with E-state index in [1.165, 1.54) is 13.8 Å². The Morgan fingerprint density at radius 3 is 1.05 bits per heavy atom. The molecule has 0 aliphatic carbocycles. The average Bonchev–Trinajstić information content (AvgIpc) is 2.23. The molecule has 0 aromatic heterocycles. The van der Waals surface area contributed by atoms with Gasteiger partial charge in [0.25, 0.3) is 0 Å². The molecule has 0 atom stereocenters. The van der Waals surface area contributed by atoms with Crippen molar-refractivity contribution in [3.63, 3.8) is 0 Å². The number of ether oxygens (including phenoxy) is 1. The summed E-state index contributed by atoms with van der Waals surface area (Å²) in [5.41, 5.74) is 0. The fraction of sp³-hybridized carbons (Fsp3) is 1.00. The summed E-state index contributed by atoms with van der Waals surface area (Å²) in [6.07, 6.45) is -3.57. The molecule has 0 N–H and O–H groups in total. The van der Waals surface area contributed by atoms with Crippen molar-refractivity contribution in [1.82, 2.24) is 0 Å². The second-order valence-electron chi connectivity index (χ2n) is 1.57. The van der Waals surface area contributed by atoms with Crippen LogP contribution in [0.1, 0.15) is 43.6 Å². The van der Waals surface area contributed by atoms with Gasteiger partial charge in [-0.3, -0.25) is 8.78 Å². The fourth-order valence-electron chi connectivity index (χ4n) is 0.250. The zero-order chi connectivity index (χ0) is 14.0. The molecule has 0 fully saturated rings. The summed E-state index contributed by atoms with van der Waals surface area (Å²) in [6.45, 7) is -1.08. The zero-order valence-electron chi connectivity index (χ0n) is 9.38. The monoisotopic (exact) mass is 326 g/mol. The van der Waals surface area contributed by atoms with Crippen molar-refractivity contribution >= 4 is 0 Å². The van der Waals surface area contributed by atoms with Crippen molar-refractivity contribution in [3.05, 3.63) is 0 Å². The van der Waals surface area contributed by atoms with Gasteiger partial charge in [0.05, 0.1) is 20.5 Å². The van der Waals surface area contributed by atoms with E-state index in [0.717, 1.165) is 0 Å². The molecular weight excluding hydrogens is 293 g/mol. The van der Waals surface area contributed by atoms with Gasteiger partial charge in [-0.1, -0.05) is 29.7 Å². The Hall–Kier alpha value is -0.530. The maximum absolute atomic E-state index is 11.6. The second-order valence-corrected chi connectivity index (χ2v) is 1.57. The molecule has 136 valence electrons. The molecule has 0 radical (unpaired) electrons. The van der Waals surface area contributed by atoms with Crippen LogP contribution in [0.15, 0.2) is 0 Å². The molecule has 0 amide bonds. The van der Waals surface area contributed by atoms with Gasteiger partial charge in [0.15, 0.2) is 6.67 Å². The highest BCUT2D eigenvalue weighted by Gasteiger charge is 2.28. The Morgan fingerprint density at radius 2 is 1.00 bits per heavy atom. The summed E-state index contributed by atoms with van der Waals surface area (Å²) < 4.78 is 76.9. The van der Waals surface area contributed by atoms with E-state index < -0.39 is 19.7 Å². The first-order valence-corrected chi connectivity index (χ1v) is 4.09. The number of hydrogen-bond donors (Lipinski definition) is 0. The SMILES string of the molecule is C.C.C.C.CCF.CCOC(F)(F)CF.CF.FCF. The van der Waals surface area contributed by atoms with Crippen LogP contribution in [0.5, 0.6) is 0 Å². The van der Waals surface area contributed by atoms with Crippen molar-refractivity contribution in [2.45, 2.75) is 49.7 Å². The van der Waals surface area contributed by atoms with Crippen LogP contribution in [0.25, 0.3) is 0 Å². The van der Waals surface area contributed by atoms with Gasteiger partial charge in [0.2, 0.25) is 6.93 Å². The maximum atomic E-state index is 11.6. The van der Waals surface area contributed by atoms with Gasteiger partial charge >= 0.3 is 6.11 Å². The lowest BCUT2D eigenvalue weighted by molar-refractivity contribution is -0.243. The van der Waals surface area contributed by atoms with E-state index in [1.54, 1.807) is 0 Å². The molecule has 20 heavy (non-hydrogen) atoms. The molecule has 0 aromatic rings. The normalized spacial score (nSPS) is 6.90. The summed E-state index contributed by atoms with van der Waals surface area (Å²) in [6, 6.07) is 0. The Bertz CT molecular complexity index is 93.9. The topological polar surface area (TPSA) is 9.23 Å². The predicted octanol–water partition coefficient (Wildman–Crippen LogP) is 6.57. The summed E-state index contributed by atoms with van der Waals surface area (Å²) in [7, 11) is 0.500. The number of alkyl halides is 7. The van der Waals surface area contributed by atoms with E-state index in [9.17, 15) is 30.7 Å². The Kier molecular flexibility index (Phi) is 130. The first-order valence-electron chi connectivity index (χ1n) is 4.09. The molecule has 0 bridgehead atoms. The van der Waals surface area contributed by atoms with Crippen LogP contribution in [-0.2, 0) is 4.74 Å².